The Morgan fingerprint density at radius 2 is 1.74 bits per heavy atom. The van der Waals surface area contributed by atoms with E-state index in [0.717, 1.165) is 43.5 Å². The monoisotopic (exact) mass is 362 g/mol. The molecule has 1 N–H and O–H groups in total. The highest BCUT2D eigenvalue weighted by atomic mass is 15.1. The van der Waals surface area contributed by atoms with Crippen LogP contribution in [0.2, 0.25) is 0 Å². The van der Waals surface area contributed by atoms with E-state index >= 15 is 0 Å². The summed E-state index contributed by atoms with van der Waals surface area (Å²) in [5.41, 5.74) is 6.09. The van der Waals surface area contributed by atoms with Crippen LogP contribution in [0.5, 0.6) is 0 Å². The fourth-order valence-corrected chi connectivity index (χ4v) is 3.59. The highest BCUT2D eigenvalue weighted by molar-refractivity contribution is 5.85. The molecule has 0 aliphatic rings. The van der Waals surface area contributed by atoms with Gasteiger partial charge in [-0.1, -0.05) is 38.1 Å². The second-order valence-corrected chi connectivity index (χ2v) is 7.04. The van der Waals surface area contributed by atoms with Crippen molar-refractivity contribution >= 4 is 16.9 Å². The molecule has 3 rings (SSSR count). The molecule has 0 spiro atoms. The Morgan fingerprint density at radius 3 is 2.44 bits per heavy atom. The lowest BCUT2D eigenvalue weighted by atomic mass is 9.95. The maximum atomic E-state index is 4.68. The van der Waals surface area contributed by atoms with Crippen LogP contribution in [0, 0.1) is 13.8 Å². The molecule has 1 aromatic heterocycles. The highest BCUT2D eigenvalue weighted by Gasteiger charge is 2.07. The van der Waals surface area contributed by atoms with Crippen LogP contribution in [-0.2, 0) is 0 Å². The summed E-state index contributed by atoms with van der Waals surface area (Å²) in [7, 11) is 0. The molecule has 2 aromatic carbocycles. The van der Waals surface area contributed by atoms with E-state index in [9.17, 15) is 0 Å². The summed E-state index contributed by atoms with van der Waals surface area (Å²) in [5, 5.41) is 4.43. The van der Waals surface area contributed by atoms with Crippen molar-refractivity contribution in [2.24, 2.45) is 0 Å². The van der Waals surface area contributed by atoms with Crippen molar-refractivity contribution in [2.75, 3.05) is 31.5 Å². The largest absolute Gasteiger partial charge is 0.354 e. The quantitative estimate of drug-likeness (QED) is 0.569. The summed E-state index contributed by atoms with van der Waals surface area (Å²) in [6, 6.07) is 12.9. The zero-order chi connectivity index (χ0) is 19.2. The minimum atomic E-state index is 0.710. The first-order chi connectivity index (χ1) is 13.1. The predicted octanol–water partition coefficient (Wildman–Crippen LogP) is 5.06. The van der Waals surface area contributed by atoms with Gasteiger partial charge in [0.1, 0.15) is 0 Å². The SMILES string of the molecule is CCN(CC)CCCNc1ncc2cc(-c3c(C)cccc3C)ccc2n1. The zero-order valence-electron chi connectivity index (χ0n) is 16.9. The second kappa shape index (κ2) is 8.96. The maximum Gasteiger partial charge on any atom is 0.223 e. The zero-order valence-corrected chi connectivity index (χ0v) is 16.9. The number of nitrogens with zero attached hydrogens (tertiary/aromatic N) is 3. The number of benzene rings is 2. The molecule has 0 bridgehead atoms. The first kappa shape index (κ1) is 19.3. The number of nitrogens with one attached hydrogen (secondary N) is 1. The Hall–Kier alpha value is -2.46. The van der Waals surface area contributed by atoms with Crippen LogP contribution < -0.4 is 5.32 Å². The van der Waals surface area contributed by atoms with Crippen LogP contribution in [0.1, 0.15) is 31.4 Å². The molecule has 0 unspecified atom stereocenters. The van der Waals surface area contributed by atoms with Gasteiger partial charge in [0.25, 0.3) is 0 Å². The molecule has 1 heterocycles. The minimum Gasteiger partial charge on any atom is -0.354 e. The van der Waals surface area contributed by atoms with Crippen molar-refractivity contribution < 1.29 is 0 Å². The van der Waals surface area contributed by atoms with Crippen molar-refractivity contribution in [1.82, 2.24) is 14.9 Å². The second-order valence-electron chi connectivity index (χ2n) is 7.04. The molecule has 0 aliphatic carbocycles. The van der Waals surface area contributed by atoms with Gasteiger partial charge in [0.05, 0.1) is 5.52 Å². The Labute approximate surface area is 162 Å². The van der Waals surface area contributed by atoms with Crippen LogP contribution in [0.15, 0.2) is 42.6 Å². The lowest BCUT2D eigenvalue weighted by Gasteiger charge is -2.17. The first-order valence-corrected chi connectivity index (χ1v) is 9.92. The average molecular weight is 363 g/mol. The number of hydrogen-bond acceptors (Lipinski definition) is 4. The molecular formula is C23H30N4. The van der Waals surface area contributed by atoms with Crippen LogP contribution in [0.3, 0.4) is 0 Å². The molecule has 0 radical (unpaired) electrons. The fraction of sp³-hybridized carbons (Fsp3) is 0.391. The summed E-state index contributed by atoms with van der Waals surface area (Å²) < 4.78 is 0. The van der Waals surface area contributed by atoms with Gasteiger partial charge in [-0.05, 0) is 74.3 Å². The molecule has 0 saturated carbocycles. The summed E-state index contributed by atoms with van der Waals surface area (Å²) in [5.74, 6) is 0.710. The summed E-state index contributed by atoms with van der Waals surface area (Å²) in [6.45, 7) is 12.9. The molecule has 142 valence electrons. The Kier molecular flexibility index (Phi) is 6.40. The molecule has 0 aliphatic heterocycles. The summed E-state index contributed by atoms with van der Waals surface area (Å²) in [6.07, 6.45) is 3.01. The van der Waals surface area contributed by atoms with E-state index in [1.165, 1.54) is 22.3 Å². The van der Waals surface area contributed by atoms with Gasteiger partial charge in [-0.2, -0.15) is 0 Å². The van der Waals surface area contributed by atoms with Gasteiger partial charge in [0.15, 0.2) is 0 Å². The van der Waals surface area contributed by atoms with Gasteiger partial charge < -0.3 is 10.2 Å². The Bertz CT molecular complexity index is 880. The first-order valence-electron chi connectivity index (χ1n) is 9.92. The standard InChI is InChI=1S/C23H30N4/c1-5-27(6-2)14-8-13-24-23-25-16-20-15-19(11-12-21(20)26-23)22-17(3)9-7-10-18(22)4/h7,9-12,15-16H,5-6,8,13-14H2,1-4H3,(H,24,25,26). The van der Waals surface area contributed by atoms with E-state index in [4.69, 9.17) is 0 Å². The lowest BCUT2D eigenvalue weighted by Crippen LogP contribution is -2.25. The third kappa shape index (κ3) is 4.64. The fourth-order valence-electron chi connectivity index (χ4n) is 3.59. The van der Waals surface area contributed by atoms with Crippen molar-refractivity contribution in [2.45, 2.75) is 34.1 Å². The number of aromatic nitrogens is 2. The number of hydrogen-bond donors (Lipinski definition) is 1. The molecule has 0 amide bonds. The van der Waals surface area contributed by atoms with Crippen LogP contribution in [-0.4, -0.2) is 41.0 Å². The van der Waals surface area contributed by atoms with Crippen molar-refractivity contribution in [3.63, 3.8) is 0 Å². The van der Waals surface area contributed by atoms with Crippen molar-refractivity contribution in [3.8, 4) is 11.1 Å². The average Bonchev–Trinajstić information content (AvgIpc) is 2.68. The van der Waals surface area contributed by atoms with Gasteiger partial charge in [-0.25, -0.2) is 9.97 Å². The third-order valence-electron chi connectivity index (χ3n) is 5.18. The molecule has 3 aromatic rings. The highest BCUT2D eigenvalue weighted by Crippen LogP contribution is 2.29. The molecule has 4 heteroatoms. The predicted molar refractivity (Wildman–Crippen MR) is 115 cm³/mol. The molecular weight excluding hydrogens is 332 g/mol. The Balaban J connectivity index is 1.72. The van der Waals surface area contributed by atoms with Gasteiger partial charge in [-0.3, -0.25) is 0 Å². The van der Waals surface area contributed by atoms with Crippen LogP contribution in [0.4, 0.5) is 5.95 Å². The van der Waals surface area contributed by atoms with Crippen molar-refractivity contribution in [1.29, 1.82) is 0 Å². The maximum absolute atomic E-state index is 4.68. The topological polar surface area (TPSA) is 41.0 Å². The number of rotatable bonds is 8. The van der Waals surface area contributed by atoms with Gasteiger partial charge >= 0.3 is 0 Å². The van der Waals surface area contributed by atoms with E-state index in [2.05, 4.69) is 84.3 Å². The third-order valence-corrected chi connectivity index (χ3v) is 5.18. The molecule has 4 nitrogen and oxygen atoms in total. The van der Waals surface area contributed by atoms with Gasteiger partial charge in [0.2, 0.25) is 5.95 Å². The van der Waals surface area contributed by atoms with E-state index < -0.39 is 0 Å². The van der Waals surface area contributed by atoms with E-state index in [1.54, 1.807) is 0 Å². The number of aryl methyl sites for hydroxylation is 2. The minimum absolute atomic E-state index is 0.710. The number of fused-ring (bicyclic) bond motifs is 1. The molecule has 27 heavy (non-hydrogen) atoms. The van der Waals surface area contributed by atoms with Crippen LogP contribution in [0.25, 0.3) is 22.0 Å². The lowest BCUT2D eigenvalue weighted by molar-refractivity contribution is 0.303. The Morgan fingerprint density at radius 1 is 1.00 bits per heavy atom. The van der Waals surface area contributed by atoms with E-state index in [0.29, 0.717) is 5.95 Å². The molecule has 0 fully saturated rings. The number of anilines is 1. The normalized spacial score (nSPS) is 11.3. The molecule has 0 saturated heterocycles. The van der Waals surface area contributed by atoms with E-state index in [1.807, 2.05) is 6.20 Å². The summed E-state index contributed by atoms with van der Waals surface area (Å²) in [4.78, 5) is 11.6. The smallest absolute Gasteiger partial charge is 0.223 e. The van der Waals surface area contributed by atoms with Crippen LogP contribution >= 0.6 is 0 Å². The van der Waals surface area contributed by atoms with Gasteiger partial charge in [0, 0.05) is 18.1 Å². The molecule has 0 atom stereocenters. The van der Waals surface area contributed by atoms with Crippen molar-refractivity contribution in [3.05, 3.63) is 53.7 Å². The summed E-state index contributed by atoms with van der Waals surface area (Å²) >= 11 is 0. The van der Waals surface area contributed by atoms with Gasteiger partial charge in [-0.15, -0.1) is 0 Å². The van der Waals surface area contributed by atoms with E-state index in [-0.39, 0.29) is 0 Å².